The Morgan fingerprint density at radius 1 is 1.18 bits per heavy atom. The molecule has 2 heterocycles. The maximum absolute atomic E-state index is 6.26. The highest BCUT2D eigenvalue weighted by Crippen LogP contribution is 2.29. The molecule has 4 heteroatoms. The quantitative estimate of drug-likeness (QED) is 0.719. The van der Waals surface area contributed by atoms with Crippen molar-refractivity contribution in [2.24, 2.45) is 0 Å². The maximum atomic E-state index is 6.26. The van der Waals surface area contributed by atoms with E-state index in [2.05, 4.69) is 14.9 Å². The van der Waals surface area contributed by atoms with Gasteiger partial charge in [0.05, 0.1) is 5.38 Å². The molecule has 1 fully saturated rings. The molecule has 1 aromatic heterocycles. The lowest BCUT2D eigenvalue weighted by atomic mass is 9.95. The Hall–Kier alpha value is -0.830. The van der Waals surface area contributed by atoms with Crippen LogP contribution in [0, 0.1) is 0 Å². The third-order valence-corrected chi connectivity index (χ3v) is 4.12. The Morgan fingerprint density at radius 3 is 2.94 bits per heavy atom. The third-order valence-electron chi connectivity index (χ3n) is 3.77. The number of hydrogen-bond acceptors (Lipinski definition) is 3. The fourth-order valence-corrected chi connectivity index (χ4v) is 3.22. The molecule has 2 aliphatic rings. The fraction of sp³-hybridized carbons (Fsp3) is 0.692. The summed E-state index contributed by atoms with van der Waals surface area (Å²) in [6, 6.07) is 0. The molecule has 0 N–H and O–H groups in total. The minimum Gasteiger partial charge on any atom is -0.355 e. The van der Waals surface area contributed by atoms with Crippen LogP contribution < -0.4 is 4.90 Å². The lowest BCUT2D eigenvalue weighted by Gasteiger charge is -2.33. The van der Waals surface area contributed by atoms with E-state index in [1.165, 1.54) is 30.5 Å². The van der Waals surface area contributed by atoms with Gasteiger partial charge in [0.2, 0.25) is 0 Å². The van der Waals surface area contributed by atoms with E-state index in [4.69, 9.17) is 11.6 Å². The average Bonchev–Trinajstić information content (AvgIpc) is 2.38. The van der Waals surface area contributed by atoms with E-state index in [0.29, 0.717) is 0 Å². The van der Waals surface area contributed by atoms with Gasteiger partial charge in [-0.1, -0.05) is 0 Å². The number of nitrogens with zero attached hydrogens (tertiary/aromatic N) is 3. The lowest BCUT2D eigenvalue weighted by molar-refractivity contribution is 0.571. The van der Waals surface area contributed by atoms with Crippen molar-refractivity contribution in [2.75, 3.05) is 18.0 Å². The van der Waals surface area contributed by atoms with E-state index < -0.39 is 0 Å². The summed E-state index contributed by atoms with van der Waals surface area (Å²) in [5, 5.41) is 0.276. The molecule has 0 aromatic carbocycles. The van der Waals surface area contributed by atoms with Crippen molar-refractivity contribution >= 4 is 17.4 Å². The molecular weight excluding hydrogens is 234 g/mol. The van der Waals surface area contributed by atoms with Gasteiger partial charge in [-0.3, -0.25) is 0 Å². The van der Waals surface area contributed by atoms with Crippen molar-refractivity contribution in [3.05, 3.63) is 17.6 Å². The third kappa shape index (κ3) is 2.25. The van der Waals surface area contributed by atoms with Crippen LogP contribution in [-0.4, -0.2) is 28.4 Å². The second-order valence-electron chi connectivity index (χ2n) is 5.02. The molecule has 0 amide bonds. The molecule has 3 nitrogen and oxygen atoms in total. The number of aryl methyl sites for hydroxylation is 1. The molecule has 1 aromatic rings. The van der Waals surface area contributed by atoms with E-state index in [1.807, 2.05) is 0 Å². The molecular formula is C13H18ClN3. The van der Waals surface area contributed by atoms with Crippen LogP contribution >= 0.6 is 11.6 Å². The lowest BCUT2D eigenvalue weighted by Crippen LogP contribution is -2.37. The monoisotopic (exact) mass is 251 g/mol. The molecule has 0 bridgehead atoms. The number of rotatable bonds is 1. The van der Waals surface area contributed by atoms with Gasteiger partial charge in [0, 0.05) is 24.3 Å². The number of aromatic nitrogens is 2. The van der Waals surface area contributed by atoms with Crippen LogP contribution in [-0.2, 0) is 12.8 Å². The summed E-state index contributed by atoms with van der Waals surface area (Å²) in [5.41, 5.74) is 2.64. The highest BCUT2D eigenvalue weighted by molar-refractivity contribution is 6.21. The number of anilines is 1. The van der Waals surface area contributed by atoms with Gasteiger partial charge in [-0.25, -0.2) is 9.97 Å². The predicted octanol–water partition coefficient (Wildman–Crippen LogP) is 2.56. The molecule has 0 saturated carbocycles. The van der Waals surface area contributed by atoms with Gasteiger partial charge in [0.1, 0.15) is 12.1 Å². The highest BCUT2D eigenvalue weighted by atomic mass is 35.5. The topological polar surface area (TPSA) is 29.0 Å². The largest absolute Gasteiger partial charge is 0.355 e. The zero-order valence-electron chi connectivity index (χ0n) is 10.0. The van der Waals surface area contributed by atoms with Crippen molar-refractivity contribution in [1.29, 1.82) is 0 Å². The summed E-state index contributed by atoms with van der Waals surface area (Å²) in [6.07, 6.45) is 8.81. The van der Waals surface area contributed by atoms with Crippen molar-refractivity contribution in [2.45, 2.75) is 43.9 Å². The summed E-state index contributed by atoms with van der Waals surface area (Å²) < 4.78 is 0. The summed E-state index contributed by atoms with van der Waals surface area (Å²) in [4.78, 5) is 11.3. The SMILES string of the molecule is ClC1CCCN(c2ncnc3c2CCCC3)C1. The van der Waals surface area contributed by atoms with Crippen LogP contribution in [0.15, 0.2) is 6.33 Å². The maximum Gasteiger partial charge on any atom is 0.135 e. The molecule has 3 rings (SSSR count). The first-order chi connectivity index (χ1) is 8.34. The van der Waals surface area contributed by atoms with Crippen molar-refractivity contribution < 1.29 is 0 Å². The first kappa shape index (κ1) is 11.3. The number of alkyl halides is 1. The van der Waals surface area contributed by atoms with E-state index >= 15 is 0 Å². The van der Waals surface area contributed by atoms with Gasteiger partial charge in [-0.2, -0.15) is 0 Å². The van der Waals surface area contributed by atoms with Crippen molar-refractivity contribution in [1.82, 2.24) is 9.97 Å². The van der Waals surface area contributed by atoms with Crippen molar-refractivity contribution in [3.8, 4) is 0 Å². The van der Waals surface area contributed by atoms with E-state index in [9.17, 15) is 0 Å². The van der Waals surface area contributed by atoms with Gasteiger partial charge >= 0.3 is 0 Å². The zero-order chi connectivity index (χ0) is 11.7. The molecule has 1 unspecified atom stereocenters. The summed E-state index contributed by atoms with van der Waals surface area (Å²) >= 11 is 6.26. The summed E-state index contributed by atoms with van der Waals surface area (Å²) in [5.74, 6) is 1.15. The number of piperidine rings is 1. The van der Waals surface area contributed by atoms with Gasteiger partial charge in [-0.15, -0.1) is 11.6 Å². The van der Waals surface area contributed by atoms with Crippen LogP contribution in [0.3, 0.4) is 0 Å². The minimum absolute atomic E-state index is 0.276. The zero-order valence-corrected chi connectivity index (χ0v) is 10.8. The Kier molecular flexibility index (Phi) is 3.19. The molecule has 1 saturated heterocycles. The van der Waals surface area contributed by atoms with Crippen LogP contribution in [0.2, 0.25) is 0 Å². The minimum atomic E-state index is 0.276. The van der Waals surface area contributed by atoms with Crippen molar-refractivity contribution in [3.63, 3.8) is 0 Å². The molecule has 0 spiro atoms. The first-order valence-corrected chi connectivity index (χ1v) is 7.00. The number of hydrogen-bond donors (Lipinski definition) is 0. The van der Waals surface area contributed by atoms with E-state index in [-0.39, 0.29) is 5.38 Å². The van der Waals surface area contributed by atoms with Gasteiger partial charge < -0.3 is 4.90 Å². The van der Waals surface area contributed by atoms with Crippen LogP contribution in [0.25, 0.3) is 0 Å². The van der Waals surface area contributed by atoms with Gasteiger partial charge in [0.15, 0.2) is 0 Å². The van der Waals surface area contributed by atoms with Gasteiger partial charge in [-0.05, 0) is 38.5 Å². The molecule has 92 valence electrons. The van der Waals surface area contributed by atoms with E-state index in [1.54, 1.807) is 6.33 Å². The molecule has 0 radical (unpaired) electrons. The smallest absolute Gasteiger partial charge is 0.135 e. The second-order valence-corrected chi connectivity index (χ2v) is 5.63. The van der Waals surface area contributed by atoms with Gasteiger partial charge in [0.25, 0.3) is 0 Å². The second kappa shape index (κ2) is 4.81. The summed E-state index contributed by atoms with van der Waals surface area (Å²) in [6.45, 7) is 2.03. The number of halogens is 1. The van der Waals surface area contributed by atoms with E-state index in [0.717, 1.165) is 38.2 Å². The Bertz CT molecular complexity index is 408. The molecule has 1 aliphatic carbocycles. The van der Waals surface area contributed by atoms with Crippen LogP contribution in [0.1, 0.15) is 36.9 Å². The fourth-order valence-electron chi connectivity index (χ4n) is 2.89. The highest BCUT2D eigenvalue weighted by Gasteiger charge is 2.23. The Morgan fingerprint density at radius 2 is 2.06 bits per heavy atom. The Labute approximate surface area is 107 Å². The predicted molar refractivity (Wildman–Crippen MR) is 69.8 cm³/mol. The standard InChI is InChI=1S/C13H18ClN3/c14-10-4-3-7-17(8-10)13-11-5-1-2-6-12(11)15-9-16-13/h9-10H,1-8H2. The average molecular weight is 252 g/mol. The normalized spacial score (nSPS) is 24.5. The van der Waals surface area contributed by atoms with Crippen LogP contribution in [0.4, 0.5) is 5.82 Å². The van der Waals surface area contributed by atoms with Crippen LogP contribution in [0.5, 0.6) is 0 Å². The molecule has 1 atom stereocenters. The first-order valence-electron chi connectivity index (χ1n) is 6.56. The molecule has 1 aliphatic heterocycles. The Balaban J connectivity index is 1.91. The summed E-state index contributed by atoms with van der Waals surface area (Å²) in [7, 11) is 0. The molecule has 17 heavy (non-hydrogen) atoms. The number of fused-ring (bicyclic) bond motifs is 1.